The maximum absolute atomic E-state index is 5.96. The summed E-state index contributed by atoms with van der Waals surface area (Å²) in [5.74, 6) is 0.865. The maximum Gasteiger partial charge on any atom is 0.119 e. The van der Waals surface area contributed by atoms with E-state index in [1.807, 2.05) is 18.2 Å². The summed E-state index contributed by atoms with van der Waals surface area (Å²) in [6.45, 7) is 0. The van der Waals surface area contributed by atoms with E-state index in [9.17, 15) is 0 Å². The van der Waals surface area contributed by atoms with Gasteiger partial charge < -0.3 is 10.5 Å². The van der Waals surface area contributed by atoms with Gasteiger partial charge in [-0.25, -0.2) is 0 Å². The largest absolute Gasteiger partial charge is 0.497 e. The van der Waals surface area contributed by atoms with E-state index in [0.717, 1.165) is 27.6 Å². The molecule has 94 valence electrons. The van der Waals surface area contributed by atoms with Gasteiger partial charge >= 0.3 is 0 Å². The molecule has 2 N–H and O–H groups in total. The highest BCUT2D eigenvalue weighted by Crippen LogP contribution is 2.29. The average molecular weight is 250 g/mol. The molecule has 0 radical (unpaired) electrons. The molecule has 3 heteroatoms. The van der Waals surface area contributed by atoms with Crippen molar-refractivity contribution in [2.45, 2.75) is 0 Å². The smallest absolute Gasteiger partial charge is 0.119 e. The maximum atomic E-state index is 5.96. The predicted octanol–water partition coefficient (Wildman–Crippen LogP) is 3.49. The van der Waals surface area contributed by atoms with Crippen molar-refractivity contribution in [2.75, 3.05) is 12.8 Å². The fourth-order valence-electron chi connectivity index (χ4n) is 2.19. The van der Waals surface area contributed by atoms with Crippen LogP contribution in [0.25, 0.3) is 21.9 Å². The standard InChI is InChI=1S/C16H14N2O/c1-19-14-5-4-11-8-13(3-2-12(11)9-14)15-6-7-18-10-16(15)17/h2-10H,17H2,1H3. The second-order valence-electron chi connectivity index (χ2n) is 4.39. The van der Waals surface area contributed by atoms with E-state index in [2.05, 4.69) is 29.2 Å². The molecule has 2 aromatic carbocycles. The van der Waals surface area contributed by atoms with Gasteiger partial charge in [0.1, 0.15) is 5.75 Å². The molecule has 0 fully saturated rings. The molecule has 0 aliphatic rings. The zero-order valence-electron chi connectivity index (χ0n) is 10.6. The lowest BCUT2D eigenvalue weighted by molar-refractivity contribution is 0.415. The molecule has 0 saturated carbocycles. The lowest BCUT2D eigenvalue weighted by atomic mass is 10.0. The number of hydrogen-bond donors (Lipinski definition) is 1. The van der Waals surface area contributed by atoms with Crippen molar-refractivity contribution in [3.05, 3.63) is 54.9 Å². The number of nitrogens with zero attached hydrogens (tertiary/aromatic N) is 1. The molecule has 1 aromatic heterocycles. The number of rotatable bonds is 2. The number of nitrogens with two attached hydrogens (primary N) is 1. The van der Waals surface area contributed by atoms with Crippen LogP contribution in [0.3, 0.4) is 0 Å². The Hall–Kier alpha value is -2.55. The Kier molecular flexibility index (Phi) is 2.80. The monoisotopic (exact) mass is 250 g/mol. The van der Waals surface area contributed by atoms with Gasteiger partial charge in [0, 0.05) is 11.8 Å². The minimum atomic E-state index is 0.690. The molecule has 0 aliphatic heterocycles. The second kappa shape index (κ2) is 4.61. The minimum absolute atomic E-state index is 0.690. The van der Waals surface area contributed by atoms with Gasteiger partial charge in [-0.15, -0.1) is 0 Å². The molecule has 1 heterocycles. The van der Waals surface area contributed by atoms with Crippen LogP contribution < -0.4 is 10.5 Å². The number of anilines is 1. The summed E-state index contributed by atoms with van der Waals surface area (Å²) in [6, 6.07) is 14.2. The van der Waals surface area contributed by atoms with Crippen LogP contribution in [0, 0.1) is 0 Å². The summed E-state index contributed by atoms with van der Waals surface area (Å²) in [6.07, 6.45) is 3.43. The average Bonchev–Trinajstić information content (AvgIpc) is 2.46. The molecule has 0 atom stereocenters. The van der Waals surface area contributed by atoms with Crippen LogP contribution in [0.15, 0.2) is 54.9 Å². The highest BCUT2D eigenvalue weighted by atomic mass is 16.5. The zero-order chi connectivity index (χ0) is 13.2. The number of ether oxygens (including phenoxy) is 1. The van der Waals surface area contributed by atoms with Crippen LogP contribution in [-0.4, -0.2) is 12.1 Å². The molecule has 3 aromatic rings. The summed E-state index contributed by atoms with van der Waals surface area (Å²) in [5.41, 5.74) is 8.75. The molecule has 0 amide bonds. The van der Waals surface area contributed by atoms with E-state index in [4.69, 9.17) is 10.5 Å². The Morgan fingerprint density at radius 3 is 2.58 bits per heavy atom. The van der Waals surface area contributed by atoms with Crippen LogP contribution >= 0.6 is 0 Å². The third kappa shape index (κ3) is 2.10. The summed E-state index contributed by atoms with van der Waals surface area (Å²) in [4.78, 5) is 4.01. The van der Waals surface area contributed by atoms with E-state index in [1.165, 1.54) is 0 Å². The van der Waals surface area contributed by atoms with Crippen LogP contribution in [-0.2, 0) is 0 Å². The second-order valence-corrected chi connectivity index (χ2v) is 4.39. The van der Waals surface area contributed by atoms with Crippen molar-refractivity contribution in [1.82, 2.24) is 4.98 Å². The molecular weight excluding hydrogens is 236 g/mol. The number of aromatic nitrogens is 1. The van der Waals surface area contributed by atoms with Gasteiger partial charge in [0.2, 0.25) is 0 Å². The fourth-order valence-corrected chi connectivity index (χ4v) is 2.19. The van der Waals surface area contributed by atoms with Gasteiger partial charge in [0.15, 0.2) is 0 Å². The van der Waals surface area contributed by atoms with Crippen molar-refractivity contribution in [3.63, 3.8) is 0 Å². The van der Waals surface area contributed by atoms with Gasteiger partial charge in [-0.05, 0) is 40.6 Å². The number of fused-ring (bicyclic) bond motifs is 1. The van der Waals surface area contributed by atoms with Gasteiger partial charge in [-0.2, -0.15) is 0 Å². The molecule has 0 bridgehead atoms. The lowest BCUT2D eigenvalue weighted by Crippen LogP contribution is -1.90. The van der Waals surface area contributed by atoms with E-state index in [1.54, 1.807) is 19.5 Å². The van der Waals surface area contributed by atoms with Crippen molar-refractivity contribution in [3.8, 4) is 16.9 Å². The topological polar surface area (TPSA) is 48.1 Å². The van der Waals surface area contributed by atoms with Crippen LogP contribution in [0.1, 0.15) is 0 Å². The van der Waals surface area contributed by atoms with Crippen molar-refractivity contribution < 1.29 is 4.74 Å². The number of pyridine rings is 1. The predicted molar refractivity (Wildman–Crippen MR) is 78.1 cm³/mol. The molecule has 0 unspecified atom stereocenters. The highest BCUT2D eigenvalue weighted by Gasteiger charge is 2.04. The third-order valence-electron chi connectivity index (χ3n) is 3.21. The van der Waals surface area contributed by atoms with Crippen LogP contribution in [0.5, 0.6) is 5.75 Å². The number of hydrogen-bond acceptors (Lipinski definition) is 3. The molecule has 0 aliphatic carbocycles. The summed E-state index contributed by atoms with van der Waals surface area (Å²) >= 11 is 0. The first-order chi connectivity index (χ1) is 9.28. The van der Waals surface area contributed by atoms with Gasteiger partial charge in [0.05, 0.1) is 19.0 Å². The summed E-state index contributed by atoms with van der Waals surface area (Å²) in [5, 5.41) is 2.31. The summed E-state index contributed by atoms with van der Waals surface area (Å²) < 4.78 is 5.23. The van der Waals surface area contributed by atoms with E-state index in [0.29, 0.717) is 5.69 Å². The minimum Gasteiger partial charge on any atom is -0.497 e. The van der Waals surface area contributed by atoms with E-state index < -0.39 is 0 Å². The third-order valence-corrected chi connectivity index (χ3v) is 3.21. The summed E-state index contributed by atoms with van der Waals surface area (Å²) in [7, 11) is 1.67. The first-order valence-corrected chi connectivity index (χ1v) is 6.05. The van der Waals surface area contributed by atoms with E-state index in [-0.39, 0.29) is 0 Å². The van der Waals surface area contributed by atoms with Gasteiger partial charge in [0.25, 0.3) is 0 Å². The van der Waals surface area contributed by atoms with Gasteiger partial charge in [-0.1, -0.05) is 18.2 Å². The SMILES string of the molecule is COc1ccc2cc(-c3ccncc3N)ccc2c1. The Labute approximate surface area is 111 Å². The number of methoxy groups -OCH3 is 1. The molecule has 0 spiro atoms. The number of benzene rings is 2. The molecular formula is C16H14N2O. The number of nitrogen functional groups attached to an aromatic ring is 1. The van der Waals surface area contributed by atoms with Crippen molar-refractivity contribution >= 4 is 16.5 Å². The molecule has 3 nitrogen and oxygen atoms in total. The van der Waals surface area contributed by atoms with Crippen molar-refractivity contribution in [2.24, 2.45) is 0 Å². The van der Waals surface area contributed by atoms with Crippen LogP contribution in [0.2, 0.25) is 0 Å². The molecule has 0 saturated heterocycles. The Morgan fingerprint density at radius 1 is 1.00 bits per heavy atom. The highest BCUT2D eigenvalue weighted by molar-refractivity contribution is 5.90. The van der Waals surface area contributed by atoms with Gasteiger partial charge in [-0.3, -0.25) is 4.98 Å². The Balaban J connectivity index is 2.15. The normalized spacial score (nSPS) is 10.6. The van der Waals surface area contributed by atoms with Crippen molar-refractivity contribution in [1.29, 1.82) is 0 Å². The van der Waals surface area contributed by atoms with E-state index >= 15 is 0 Å². The van der Waals surface area contributed by atoms with Crippen LogP contribution in [0.4, 0.5) is 5.69 Å². The lowest BCUT2D eigenvalue weighted by Gasteiger charge is -2.07. The Bertz CT molecular complexity index is 738. The fraction of sp³-hybridized carbons (Fsp3) is 0.0625. The Morgan fingerprint density at radius 2 is 1.79 bits per heavy atom. The zero-order valence-corrected chi connectivity index (χ0v) is 10.6. The molecule has 3 rings (SSSR count). The molecule has 19 heavy (non-hydrogen) atoms. The quantitative estimate of drug-likeness (QED) is 0.757. The first kappa shape index (κ1) is 11.5. The first-order valence-electron chi connectivity index (χ1n) is 6.05.